The van der Waals surface area contributed by atoms with Gasteiger partial charge in [-0.2, -0.15) is 0 Å². The van der Waals surface area contributed by atoms with Gasteiger partial charge in [0.15, 0.2) is 5.13 Å². The standard InChI is InChI=1S/C18H20N2O4S/c1-3-24-11-5-7-14-15(9-11)25-18(19-14)20-16(21)13-8-10(2)4-6-12(13)17(22)23/h4-5,7,9,12-13H,3,6,8H2,1-2H3,(H,22,23)(H,19,20,21)/p-1/t12-,13+/m1/s1. The molecule has 0 saturated carbocycles. The summed E-state index contributed by atoms with van der Waals surface area (Å²) in [5, 5.41) is 14.5. The minimum Gasteiger partial charge on any atom is -0.550 e. The van der Waals surface area contributed by atoms with Gasteiger partial charge in [0.2, 0.25) is 5.91 Å². The number of benzene rings is 1. The summed E-state index contributed by atoms with van der Waals surface area (Å²) in [6.07, 6.45) is 2.60. The van der Waals surface area contributed by atoms with E-state index >= 15 is 0 Å². The molecule has 1 N–H and O–H groups in total. The zero-order chi connectivity index (χ0) is 18.0. The number of fused-ring (bicyclic) bond motifs is 1. The van der Waals surface area contributed by atoms with Gasteiger partial charge in [0, 0.05) is 11.9 Å². The fraction of sp³-hybridized carbons (Fsp3) is 0.389. The smallest absolute Gasteiger partial charge is 0.230 e. The molecule has 0 aliphatic heterocycles. The lowest BCUT2D eigenvalue weighted by molar-refractivity contribution is -0.313. The Labute approximate surface area is 149 Å². The van der Waals surface area contributed by atoms with Gasteiger partial charge in [-0.1, -0.05) is 23.0 Å². The maximum atomic E-state index is 12.6. The van der Waals surface area contributed by atoms with Gasteiger partial charge in [0.05, 0.1) is 22.7 Å². The summed E-state index contributed by atoms with van der Waals surface area (Å²) in [6, 6.07) is 5.55. The number of carboxylic acids is 1. The molecule has 3 rings (SSSR count). The van der Waals surface area contributed by atoms with Crippen LogP contribution < -0.4 is 15.2 Å². The number of carboxylic acid groups (broad SMARTS) is 1. The number of anilines is 1. The molecular weight excluding hydrogens is 340 g/mol. The number of hydrogen-bond acceptors (Lipinski definition) is 6. The van der Waals surface area contributed by atoms with E-state index in [1.54, 1.807) is 0 Å². The monoisotopic (exact) mass is 359 g/mol. The van der Waals surface area contributed by atoms with Crippen molar-refractivity contribution in [2.45, 2.75) is 26.7 Å². The van der Waals surface area contributed by atoms with Crippen LogP contribution in [0.5, 0.6) is 5.75 Å². The molecule has 132 valence electrons. The van der Waals surface area contributed by atoms with Gasteiger partial charge in [-0.15, -0.1) is 0 Å². The molecule has 0 radical (unpaired) electrons. The first kappa shape index (κ1) is 17.4. The third-order valence-electron chi connectivity index (χ3n) is 4.29. The number of hydrogen-bond donors (Lipinski definition) is 1. The first-order chi connectivity index (χ1) is 12.0. The number of aromatic nitrogens is 1. The molecule has 7 heteroatoms. The van der Waals surface area contributed by atoms with Gasteiger partial charge >= 0.3 is 0 Å². The van der Waals surface area contributed by atoms with Crippen molar-refractivity contribution in [1.29, 1.82) is 0 Å². The maximum Gasteiger partial charge on any atom is 0.230 e. The molecule has 0 fully saturated rings. The highest BCUT2D eigenvalue weighted by Crippen LogP contribution is 2.33. The van der Waals surface area contributed by atoms with E-state index in [4.69, 9.17) is 4.74 Å². The summed E-state index contributed by atoms with van der Waals surface area (Å²) in [4.78, 5) is 28.3. The van der Waals surface area contributed by atoms with Crippen molar-refractivity contribution < 1.29 is 19.4 Å². The SMILES string of the molecule is CCOc1ccc2nc(NC(=O)[C@H]3CC(C)=CC[C@H]3C(=O)[O-])sc2c1. The van der Waals surface area contributed by atoms with E-state index in [0.29, 0.717) is 24.6 Å². The van der Waals surface area contributed by atoms with Crippen LogP contribution in [-0.4, -0.2) is 23.5 Å². The summed E-state index contributed by atoms with van der Waals surface area (Å²) in [6.45, 7) is 4.39. The number of rotatable bonds is 5. The van der Waals surface area contributed by atoms with Crippen LogP contribution in [0.1, 0.15) is 26.7 Å². The molecule has 1 aliphatic rings. The van der Waals surface area contributed by atoms with Gasteiger partial charge in [0.25, 0.3) is 0 Å². The molecule has 0 saturated heterocycles. The Kier molecular flexibility index (Phi) is 5.03. The normalized spacial score (nSPS) is 20.2. The van der Waals surface area contributed by atoms with E-state index in [2.05, 4.69) is 10.3 Å². The number of ether oxygens (including phenoxy) is 1. The topological polar surface area (TPSA) is 91.3 Å². The molecule has 0 unspecified atom stereocenters. The number of nitrogens with one attached hydrogen (secondary N) is 1. The maximum absolute atomic E-state index is 12.6. The first-order valence-corrected chi connectivity index (χ1v) is 9.00. The lowest BCUT2D eigenvalue weighted by atomic mass is 9.79. The quantitative estimate of drug-likeness (QED) is 0.828. The molecule has 0 bridgehead atoms. The summed E-state index contributed by atoms with van der Waals surface area (Å²) in [5.74, 6) is -2.20. The average Bonchev–Trinajstić information content (AvgIpc) is 2.96. The Morgan fingerprint density at radius 2 is 2.20 bits per heavy atom. The highest BCUT2D eigenvalue weighted by Gasteiger charge is 2.32. The molecule has 2 atom stereocenters. The van der Waals surface area contributed by atoms with Crippen LogP contribution in [0.15, 0.2) is 29.8 Å². The number of allylic oxidation sites excluding steroid dienone is 2. The number of carbonyl (C=O) groups is 2. The van der Waals surface area contributed by atoms with Gasteiger partial charge < -0.3 is 20.0 Å². The molecule has 1 aromatic carbocycles. The average molecular weight is 359 g/mol. The van der Waals surface area contributed by atoms with Crippen molar-refractivity contribution in [1.82, 2.24) is 4.98 Å². The fourth-order valence-electron chi connectivity index (χ4n) is 3.01. The second kappa shape index (κ2) is 7.23. The van der Waals surface area contributed by atoms with Crippen LogP contribution in [0.3, 0.4) is 0 Å². The highest BCUT2D eigenvalue weighted by atomic mass is 32.1. The predicted molar refractivity (Wildman–Crippen MR) is 94.4 cm³/mol. The molecule has 2 aromatic rings. The Hall–Kier alpha value is -2.41. The lowest BCUT2D eigenvalue weighted by Crippen LogP contribution is -2.42. The zero-order valence-electron chi connectivity index (χ0n) is 14.1. The molecule has 1 aromatic heterocycles. The lowest BCUT2D eigenvalue weighted by Gasteiger charge is -2.29. The van der Waals surface area contributed by atoms with Crippen molar-refractivity contribution in [3.63, 3.8) is 0 Å². The molecule has 25 heavy (non-hydrogen) atoms. The minimum absolute atomic E-state index is 0.323. The van der Waals surface area contributed by atoms with Crippen molar-refractivity contribution in [3.05, 3.63) is 29.8 Å². The minimum atomic E-state index is -1.19. The van der Waals surface area contributed by atoms with Crippen LogP contribution in [-0.2, 0) is 9.59 Å². The van der Waals surface area contributed by atoms with Crippen molar-refractivity contribution >= 4 is 38.6 Å². The summed E-state index contributed by atoms with van der Waals surface area (Å²) >= 11 is 1.34. The van der Waals surface area contributed by atoms with Crippen LogP contribution in [0.25, 0.3) is 10.2 Å². The van der Waals surface area contributed by atoms with Crippen molar-refractivity contribution in [2.24, 2.45) is 11.8 Å². The van der Waals surface area contributed by atoms with Gasteiger partial charge in [-0.3, -0.25) is 4.79 Å². The summed E-state index contributed by atoms with van der Waals surface area (Å²) in [5.41, 5.74) is 1.78. The number of nitrogens with zero attached hydrogens (tertiary/aromatic N) is 1. The largest absolute Gasteiger partial charge is 0.550 e. The highest BCUT2D eigenvalue weighted by molar-refractivity contribution is 7.22. The van der Waals surface area contributed by atoms with Crippen LogP contribution in [0.2, 0.25) is 0 Å². The van der Waals surface area contributed by atoms with Gasteiger partial charge in [-0.05, 0) is 44.9 Å². The van der Waals surface area contributed by atoms with Gasteiger partial charge in [-0.25, -0.2) is 4.98 Å². The zero-order valence-corrected chi connectivity index (χ0v) is 14.9. The van der Waals surface area contributed by atoms with Crippen molar-refractivity contribution in [2.75, 3.05) is 11.9 Å². The van der Waals surface area contributed by atoms with Crippen LogP contribution in [0, 0.1) is 11.8 Å². The van der Waals surface area contributed by atoms with Crippen molar-refractivity contribution in [3.8, 4) is 5.75 Å². The number of amides is 1. The third kappa shape index (κ3) is 3.82. The van der Waals surface area contributed by atoms with E-state index in [1.807, 2.05) is 38.1 Å². The predicted octanol–water partition coefficient (Wildman–Crippen LogP) is 2.36. The van der Waals surface area contributed by atoms with Crippen LogP contribution in [0.4, 0.5) is 5.13 Å². The Morgan fingerprint density at radius 3 is 2.92 bits per heavy atom. The van der Waals surface area contributed by atoms with E-state index in [-0.39, 0.29) is 5.91 Å². The molecular formula is C18H19N2O4S-. The Bertz CT molecular complexity index is 843. The van der Waals surface area contributed by atoms with Gasteiger partial charge in [0.1, 0.15) is 5.75 Å². The Morgan fingerprint density at radius 1 is 1.40 bits per heavy atom. The second-order valence-corrected chi connectivity index (χ2v) is 7.12. The fourth-order valence-corrected chi connectivity index (χ4v) is 3.91. The third-order valence-corrected chi connectivity index (χ3v) is 5.22. The summed E-state index contributed by atoms with van der Waals surface area (Å²) < 4.78 is 6.37. The Balaban J connectivity index is 1.78. The van der Waals surface area contributed by atoms with E-state index in [0.717, 1.165) is 21.5 Å². The first-order valence-electron chi connectivity index (χ1n) is 8.18. The molecule has 1 aliphatic carbocycles. The van der Waals surface area contributed by atoms with Crippen LogP contribution >= 0.6 is 11.3 Å². The molecule has 1 amide bonds. The number of thiazole rings is 1. The van der Waals surface area contributed by atoms with E-state index in [1.165, 1.54) is 11.3 Å². The summed E-state index contributed by atoms with van der Waals surface area (Å²) in [7, 11) is 0. The molecule has 0 spiro atoms. The molecule has 1 heterocycles. The molecule has 6 nitrogen and oxygen atoms in total. The van der Waals surface area contributed by atoms with E-state index in [9.17, 15) is 14.7 Å². The number of aliphatic carboxylic acids is 1. The second-order valence-electron chi connectivity index (χ2n) is 6.09. The van der Waals surface area contributed by atoms with E-state index < -0.39 is 17.8 Å². The number of carbonyl (C=O) groups excluding carboxylic acids is 2.